The molecule has 5 nitrogen and oxygen atoms in total. The molecule has 0 aromatic heterocycles. The summed E-state index contributed by atoms with van der Waals surface area (Å²) in [5.41, 5.74) is 0. The fraction of sp³-hybridized carbons (Fsp3) is 0.846. The highest BCUT2D eigenvalue weighted by Crippen LogP contribution is 2.31. The third kappa shape index (κ3) is 3.55. The molecule has 6 heteroatoms. The summed E-state index contributed by atoms with van der Waals surface area (Å²) in [4.78, 5) is 24.9. The predicted molar refractivity (Wildman–Crippen MR) is 75.4 cm³/mol. The van der Waals surface area contributed by atoms with Crippen molar-refractivity contribution in [3.05, 3.63) is 0 Å². The van der Waals surface area contributed by atoms with Crippen molar-refractivity contribution in [3.8, 4) is 0 Å². The van der Waals surface area contributed by atoms with Gasteiger partial charge < -0.3 is 15.3 Å². The number of hydrogen-bond acceptors (Lipinski definition) is 3. The summed E-state index contributed by atoms with van der Waals surface area (Å²) in [6.45, 7) is 0.486. The Bertz CT molecular complexity index is 345. The Kier molecular flexibility index (Phi) is 4.96. The zero-order chi connectivity index (χ0) is 13.8. The van der Waals surface area contributed by atoms with Crippen LogP contribution in [0.3, 0.4) is 0 Å². The number of nitrogens with zero attached hydrogens (tertiary/aromatic N) is 1. The molecule has 2 rings (SSSR count). The Labute approximate surface area is 118 Å². The van der Waals surface area contributed by atoms with Crippen LogP contribution in [-0.4, -0.2) is 53.1 Å². The molecule has 108 valence electrons. The van der Waals surface area contributed by atoms with Gasteiger partial charge in [-0.15, -0.1) is 0 Å². The lowest BCUT2D eigenvalue weighted by atomic mass is 9.96. The van der Waals surface area contributed by atoms with Crippen LogP contribution in [0.15, 0.2) is 0 Å². The van der Waals surface area contributed by atoms with Gasteiger partial charge in [0, 0.05) is 25.4 Å². The molecule has 0 aromatic rings. The molecule has 3 unspecified atom stereocenters. The average molecular weight is 286 g/mol. The molecule has 3 atom stereocenters. The molecule has 1 saturated heterocycles. The van der Waals surface area contributed by atoms with Crippen LogP contribution >= 0.6 is 11.8 Å². The molecular weight excluding hydrogens is 264 g/mol. The molecule has 0 bridgehead atoms. The van der Waals surface area contributed by atoms with Crippen molar-refractivity contribution < 1.29 is 14.7 Å². The lowest BCUT2D eigenvalue weighted by molar-refractivity contribution is -0.142. The number of thioether (sulfide) groups is 1. The van der Waals surface area contributed by atoms with Crippen LogP contribution in [0.25, 0.3) is 0 Å². The Morgan fingerprint density at radius 1 is 1.37 bits per heavy atom. The molecule has 2 N–H and O–H groups in total. The van der Waals surface area contributed by atoms with Gasteiger partial charge >= 0.3 is 12.0 Å². The number of urea groups is 1. The van der Waals surface area contributed by atoms with E-state index >= 15 is 0 Å². The number of hydrogen-bond donors (Lipinski definition) is 2. The molecular formula is C13H22N2O3S. The molecule has 0 spiro atoms. The summed E-state index contributed by atoms with van der Waals surface area (Å²) in [5.74, 6) is 1.20. The van der Waals surface area contributed by atoms with Crippen molar-refractivity contribution in [2.24, 2.45) is 11.8 Å². The second-order valence-electron chi connectivity index (χ2n) is 5.45. The van der Waals surface area contributed by atoms with Gasteiger partial charge in [-0.25, -0.2) is 4.79 Å². The summed E-state index contributed by atoms with van der Waals surface area (Å²) in [6, 6.07) is 0.257. The van der Waals surface area contributed by atoms with E-state index in [0.29, 0.717) is 12.6 Å². The summed E-state index contributed by atoms with van der Waals surface area (Å²) in [5, 5.41) is 12.0. The fourth-order valence-corrected chi connectivity index (χ4v) is 4.21. The normalized spacial score (nSPS) is 30.3. The second-order valence-corrected chi connectivity index (χ2v) is 6.60. The van der Waals surface area contributed by atoms with Crippen LogP contribution in [-0.2, 0) is 4.79 Å². The van der Waals surface area contributed by atoms with Crippen molar-refractivity contribution in [2.75, 3.05) is 25.1 Å². The Morgan fingerprint density at radius 2 is 2.16 bits per heavy atom. The van der Waals surface area contributed by atoms with Crippen molar-refractivity contribution >= 4 is 23.8 Å². The molecule has 1 saturated carbocycles. The molecule has 19 heavy (non-hydrogen) atoms. The summed E-state index contributed by atoms with van der Waals surface area (Å²) >= 11 is 1.88. The number of carbonyl (C=O) groups is 2. The van der Waals surface area contributed by atoms with E-state index in [1.165, 1.54) is 0 Å². The van der Waals surface area contributed by atoms with Gasteiger partial charge in [-0.05, 0) is 30.9 Å². The van der Waals surface area contributed by atoms with Gasteiger partial charge in [-0.2, -0.15) is 11.8 Å². The first-order valence-corrected chi connectivity index (χ1v) is 8.06. The van der Waals surface area contributed by atoms with Crippen LogP contribution in [0.1, 0.15) is 25.7 Å². The number of carboxylic acids is 1. The van der Waals surface area contributed by atoms with Crippen LogP contribution in [0.5, 0.6) is 0 Å². The van der Waals surface area contributed by atoms with Gasteiger partial charge in [0.2, 0.25) is 0 Å². The third-order valence-electron chi connectivity index (χ3n) is 4.27. The minimum Gasteiger partial charge on any atom is -0.481 e. The summed E-state index contributed by atoms with van der Waals surface area (Å²) in [6.07, 6.45) is 3.65. The van der Waals surface area contributed by atoms with Gasteiger partial charge in [0.05, 0.1) is 5.92 Å². The molecule has 0 aromatic carbocycles. The van der Waals surface area contributed by atoms with E-state index in [-0.39, 0.29) is 17.9 Å². The van der Waals surface area contributed by atoms with E-state index in [2.05, 4.69) is 5.32 Å². The van der Waals surface area contributed by atoms with Crippen LogP contribution in [0.4, 0.5) is 4.79 Å². The fourth-order valence-electron chi connectivity index (χ4n) is 2.94. The van der Waals surface area contributed by atoms with E-state index < -0.39 is 5.97 Å². The first kappa shape index (κ1) is 14.5. The third-order valence-corrected chi connectivity index (χ3v) is 5.41. The van der Waals surface area contributed by atoms with Crippen LogP contribution in [0, 0.1) is 11.8 Å². The standard InChI is InChI=1S/C13H22N2O3S/c1-15(10-5-6-19-8-10)13(18)14-7-9-3-2-4-11(9)12(16)17/h9-11H,2-8H2,1H3,(H,14,18)(H,16,17). The highest BCUT2D eigenvalue weighted by Gasteiger charge is 2.33. The van der Waals surface area contributed by atoms with Gasteiger partial charge in [0.25, 0.3) is 0 Å². The first-order valence-electron chi connectivity index (χ1n) is 6.91. The average Bonchev–Trinajstić information content (AvgIpc) is 3.05. The van der Waals surface area contributed by atoms with Crippen molar-refractivity contribution in [3.63, 3.8) is 0 Å². The SMILES string of the molecule is CN(C(=O)NCC1CCCC1C(=O)O)C1CCSC1. The maximum atomic E-state index is 12.0. The molecule has 0 radical (unpaired) electrons. The van der Waals surface area contributed by atoms with E-state index in [9.17, 15) is 9.59 Å². The van der Waals surface area contributed by atoms with Gasteiger partial charge in [-0.3, -0.25) is 4.79 Å². The lowest BCUT2D eigenvalue weighted by Crippen LogP contribution is -2.45. The number of amides is 2. The Hall–Kier alpha value is -0.910. The Morgan fingerprint density at radius 3 is 2.79 bits per heavy atom. The van der Waals surface area contributed by atoms with Crippen molar-refractivity contribution in [1.29, 1.82) is 0 Å². The molecule has 1 aliphatic carbocycles. The van der Waals surface area contributed by atoms with Crippen LogP contribution < -0.4 is 5.32 Å². The second kappa shape index (κ2) is 6.50. The lowest BCUT2D eigenvalue weighted by Gasteiger charge is -2.25. The zero-order valence-electron chi connectivity index (χ0n) is 11.3. The number of carbonyl (C=O) groups excluding carboxylic acids is 1. The molecule has 2 aliphatic rings. The van der Waals surface area contributed by atoms with E-state index in [1.54, 1.807) is 4.90 Å². The highest BCUT2D eigenvalue weighted by molar-refractivity contribution is 7.99. The maximum absolute atomic E-state index is 12.0. The van der Waals surface area contributed by atoms with Crippen molar-refractivity contribution in [1.82, 2.24) is 10.2 Å². The highest BCUT2D eigenvalue weighted by atomic mass is 32.2. The Balaban J connectivity index is 1.78. The molecule has 2 amide bonds. The van der Waals surface area contributed by atoms with Crippen LogP contribution in [0.2, 0.25) is 0 Å². The largest absolute Gasteiger partial charge is 0.481 e. The first-order chi connectivity index (χ1) is 9.09. The van der Waals surface area contributed by atoms with E-state index in [4.69, 9.17) is 5.11 Å². The van der Waals surface area contributed by atoms with Gasteiger partial charge in [0.15, 0.2) is 0 Å². The maximum Gasteiger partial charge on any atom is 0.317 e. The molecule has 1 heterocycles. The van der Waals surface area contributed by atoms with Crippen molar-refractivity contribution in [2.45, 2.75) is 31.7 Å². The number of rotatable bonds is 4. The van der Waals surface area contributed by atoms with E-state index in [1.807, 2.05) is 18.8 Å². The topological polar surface area (TPSA) is 69.6 Å². The zero-order valence-corrected chi connectivity index (χ0v) is 12.1. The number of carboxylic acid groups (broad SMARTS) is 1. The monoisotopic (exact) mass is 286 g/mol. The van der Waals surface area contributed by atoms with E-state index in [0.717, 1.165) is 37.2 Å². The number of nitrogens with one attached hydrogen (secondary N) is 1. The number of aliphatic carboxylic acids is 1. The molecule has 2 fully saturated rings. The summed E-state index contributed by atoms with van der Waals surface area (Å²) in [7, 11) is 1.83. The van der Waals surface area contributed by atoms with Gasteiger partial charge in [-0.1, -0.05) is 6.42 Å². The van der Waals surface area contributed by atoms with Gasteiger partial charge in [0.1, 0.15) is 0 Å². The smallest absolute Gasteiger partial charge is 0.317 e. The molecule has 1 aliphatic heterocycles. The minimum atomic E-state index is -0.725. The summed E-state index contributed by atoms with van der Waals surface area (Å²) < 4.78 is 0. The predicted octanol–water partition coefficient (Wildman–Crippen LogP) is 1.63. The minimum absolute atomic E-state index is 0.0662. The quantitative estimate of drug-likeness (QED) is 0.824.